The minimum Gasteiger partial charge on any atom is -0.478 e. The molecule has 110 valence electrons. The van der Waals surface area contributed by atoms with Crippen LogP contribution in [-0.4, -0.2) is 34.5 Å². The first-order valence-corrected chi connectivity index (χ1v) is 6.31. The molecule has 0 saturated carbocycles. The molecule has 0 atom stereocenters. The van der Waals surface area contributed by atoms with Crippen LogP contribution in [0.15, 0.2) is 23.2 Å². The maximum Gasteiger partial charge on any atom is 0.342 e. The van der Waals surface area contributed by atoms with Crippen LogP contribution in [-0.2, 0) is 4.74 Å². The van der Waals surface area contributed by atoms with Crippen LogP contribution in [0, 0.1) is 0 Å². The van der Waals surface area contributed by atoms with Gasteiger partial charge in [-0.1, -0.05) is 0 Å². The number of carbonyl (C=O) groups excluding carboxylic acids is 1. The molecule has 0 amide bonds. The third-order valence-electron chi connectivity index (χ3n) is 2.79. The first-order valence-electron chi connectivity index (χ1n) is 6.31. The Morgan fingerprint density at radius 2 is 2.14 bits per heavy atom. The number of carbonyl (C=O) groups is 2. The number of fused-ring (bicyclic) bond motifs is 1. The predicted octanol–water partition coefficient (Wildman–Crippen LogP) is 2.05. The monoisotopic (exact) mass is 289 g/mol. The second-order valence-corrected chi connectivity index (χ2v) is 4.39. The van der Waals surface area contributed by atoms with Gasteiger partial charge in [-0.3, -0.25) is 0 Å². The highest BCUT2D eigenvalue weighted by Gasteiger charge is 2.20. The standard InChI is InChI=1S/C14H15N3O4/c1-3-21-14(20)11-9-6-8(13(18)19)4-5-10(9)17-12(11)16-7(2)15/h4-6,17H,3H2,1-2H3,(H2,15,16)(H,18,19). The fourth-order valence-corrected chi connectivity index (χ4v) is 1.98. The third-order valence-corrected chi connectivity index (χ3v) is 2.79. The van der Waals surface area contributed by atoms with Gasteiger partial charge in [-0.15, -0.1) is 0 Å². The number of H-pyrrole nitrogens is 1. The van der Waals surface area contributed by atoms with Crippen LogP contribution in [0.1, 0.15) is 34.6 Å². The SMILES string of the molecule is CCOC(=O)c1c(/N=C(/C)N)[nH]c2ccc(C(=O)O)cc12. The van der Waals surface area contributed by atoms with Crippen LogP contribution in [0.2, 0.25) is 0 Å². The molecule has 0 aliphatic carbocycles. The topological polar surface area (TPSA) is 118 Å². The molecule has 1 aromatic carbocycles. The molecule has 0 fully saturated rings. The fourth-order valence-electron chi connectivity index (χ4n) is 1.98. The number of aromatic nitrogens is 1. The van der Waals surface area contributed by atoms with Gasteiger partial charge in [-0.25, -0.2) is 14.6 Å². The summed E-state index contributed by atoms with van der Waals surface area (Å²) in [6, 6.07) is 4.43. The first-order chi connectivity index (χ1) is 9.93. The van der Waals surface area contributed by atoms with Crippen molar-refractivity contribution >= 4 is 34.5 Å². The quantitative estimate of drug-likeness (QED) is 0.452. The molecule has 1 aromatic heterocycles. The number of rotatable bonds is 4. The smallest absolute Gasteiger partial charge is 0.342 e. The minimum absolute atomic E-state index is 0.0760. The van der Waals surface area contributed by atoms with Crippen molar-refractivity contribution in [1.29, 1.82) is 0 Å². The number of aliphatic imine (C=N–C) groups is 1. The second kappa shape index (κ2) is 5.66. The second-order valence-electron chi connectivity index (χ2n) is 4.39. The summed E-state index contributed by atoms with van der Waals surface area (Å²) in [4.78, 5) is 30.2. The predicted molar refractivity (Wildman–Crippen MR) is 78.2 cm³/mol. The summed E-state index contributed by atoms with van der Waals surface area (Å²) in [6.07, 6.45) is 0. The van der Waals surface area contributed by atoms with Gasteiger partial charge in [0.2, 0.25) is 0 Å². The molecule has 0 saturated heterocycles. The number of nitrogens with one attached hydrogen (secondary N) is 1. The number of aromatic amines is 1. The number of nitrogens with two attached hydrogens (primary N) is 1. The maximum absolute atomic E-state index is 12.1. The molecule has 0 unspecified atom stereocenters. The number of aromatic carboxylic acids is 1. The molecular formula is C14H15N3O4. The summed E-state index contributed by atoms with van der Waals surface area (Å²) in [5.41, 5.74) is 6.39. The summed E-state index contributed by atoms with van der Waals surface area (Å²) in [7, 11) is 0. The van der Waals surface area contributed by atoms with Crippen LogP contribution >= 0.6 is 0 Å². The van der Waals surface area contributed by atoms with Gasteiger partial charge in [0.1, 0.15) is 11.4 Å². The van der Waals surface area contributed by atoms with Crippen LogP contribution in [0.5, 0.6) is 0 Å². The van der Waals surface area contributed by atoms with Crippen molar-refractivity contribution in [1.82, 2.24) is 4.98 Å². The number of benzene rings is 1. The van der Waals surface area contributed by atoms with Gasteiger partial charge in [0.25, 0.3) is 0 Å². The van der Waals surface area contributed by atoms with Gasteiger partial charge in [-0.05, 0) is 32.0 Å². The number of esters is 1. The van der Waals surface area contributed by atoms with Gasteiger partial charge in [0.05, 0.1) is 18.0 Å². The number of hydrogen-bond donors (Lipinski definition) is 3. The molecule has 7 heteroatoms. The molecular weight excluding hydrogens is 274 g/mol. The molecule has 1 heterocycles. The van der Waals surface area contributed by atoms with Gasteiger partial charge in [0, 0.05) is 10.9 Å². The number of nitrogens with zero attached hydrogens (tertiary/aromatic N) is 1. The van der Waals surface area contributed by atoms with E-state index in [1.807, 2.05) is 0 Å². The first kappa shape index (κ1) is 14.6. The Bertz CT molecular complexity index is 742. The number of carboxylic acids is 1. The van der Waals surface area contributed by atoms with E-state index in [1.54, 1.807) is 19.9 Å². The lowest BCUT2D eigenvalue weighted by Gasteiger charge is -2.02. The summed E-state index contributed by atoms with van der Waals surface area (Å²) in [5.74, 6) is -1.13. The Labute approximate surface area is 120 Å². The average molecular weight is 289 g/mol. The van der Waals surface area contributed by atoms with Crippen molar-refractivity contribution in [2.24, 2.45) is 10.7 Å². The highest BCUT2D eigenvalue weighted by molar-refractivity contribution is 6.10. The van der Waals surface area contributed by atoms with Gasteiger partial charge in [0.15, 0.2) is 0 Å². The van der Waals surface area contributed by atoms with Crippen molar-refractivity contribution in [3.05, 3.63) is 29.3 Å². The third kappa shape index (κ3) is 2.86. The Morgan fingerprint density at radius 1 is 1.43 bits per heavy atom. The Morgan fingerprint density at radius 3 is 2.71 bits per heavy atom. The molecule has 2 aromatic rings. The van der Waals surface area contributed by atoms with Gasteiger partial charge in [-0.2, -0.15) is 0 Å². The van der Waals surface area contributed by atoms with Gasteiger partial charge >= 0.3 is 11.9 Å². The lowest BCUT2D eigenvalue weighted by Crippen LogP contribution is -2.07. The largest absolute Gasteiger partial charge is 0.478 e. The van der Waals surface area contributed by atoms with E-state index < -0.39 is 11.9 Å². The highest BCUT2D eigenvalue weighted by Crippen LogP contribution is 2.30. The van der Waals surface area contributed by atoms with Crippen molar-refractivity contribution in [2.75, 3.05) is 6.61 Å². The normalized spacial score (nSPS) is 11.6. The summed E-state index contributed by atoms with van der Waals surface area (Å²) in [5, 5.41) is 9.49. The Kier molecular flexibility index (Phi) is 3.93. The molecule has 0 aliphatic rings. The summed E-state index contributed by atoms with van der Waals surface area (Å²) >= 11 is 0. The van der Waals surface area contributed by atoms with Gasteiger partial charge < -0.3 is 20.6 Å². The van der Waals surface area contributed by atoms with E-state index in [4.69, 9.17) is 15.6 Å². The molecule has 21 heavy (non-hydrogen) atoms. The van der Waals surface area contributed by atoms with E-state index >= 15 is 0 Å². The van der Waals surface area contributed by atoms with E-state index in [9.17, 15) is 9.59 Å². The molecule has 7 nitrogen and oxygen atoms in total. The van der Waals surface area contributed by atoms with E-state index in [2.05, 4.69) is 9.98 Å². The maximum atomic E-state index is 12.1. The molecule has 0 spiro atoms. The number of amidine groups is 1. The van der Waals surface area contributed by atoms with Crippen LogP contribution in [0.25, 0.3) is 10.9 Å². The van der Waals surface area contributed by atoms with Crippen molar-refractivity contribution < 1.29 is 19.4 Å². The molecule has 0 aliphatic heterocycles. The van der Waals surface area contributed by atoms with Crippen LogP contribution in [0.4, 0.5) is 5.82 Å². The zero-order chi connectivity index (χ0) is 15.6. The zero-order valence-corrected chi connectivity index (χ0v) is 11.6. The minimum atomic E-state index is -1.08. The molecule has 4 N–H and O–H groups in total. The van der Waals surface area contributed by atoms with Crippen LogP contribution in [0.3, 0.4) is 0 Å². The summed E-state index contributed by atoms with van der Waals surface area (Å²) in [6.45, 7) is 3.48. The Hall–Kier alpha value is -2.83. The lowest BCUT2D eigenvalue weighted by molar-refractivity contribution is 0.0529. The number of hydrogen-bond acceptors (Lipinski definition) is 4. The van der Waals surface area contributed by atoms with Crippen molar-refractivity contribution in [3.8, 4) is 0 Å². The van der Waals surface area contributed by atoms with E-state index in [-0.39, 0.29) is 29.4 Å². The van der Waals surface area contributed by atoms with Crippen molar-refractivity contribution in [3.63, 3.8) is 0 Å². The molecule has 0 radical (unpaired) electrons. The average Bonchev–Trinajstić information content (AvgIpc) is 2.74. The molecule has 0 bridgehead atoms. The van der Waals surface area contributed by atoms with Crippen molar-refractivity contribution in [2.45, 2.75) is 13.8 Å². The molecule has 2 rings (SSSR count). The van der Waals surface area contributed by atoms with E-state index in [0.717, 1.165) is 0 Å². The van der Waals surface area contributed by atoms with Crippen LogP contribution < -0.4 is 5.73 Å². The van der Waals surface area contributed by atoms with E-state index in [1.165, 1.54) is 12.1 Å². The number of ether oxygens (including phenoxy) is 1. The highest BCUT2D eigenvalue weighted by atomic mass is 16.5. The van der Waals surface area contributed by atoms with E-state index in [0.29, 0.717) is 10.9 Å². The lowest BCUT2D eigenvalue weighted by atomic mass is 10.1. The Balaban J connectivity index is 2.72. The number of carboxylic acid groups (broad SMARTS) is 1. The zero-order valence-electron chi connectivity index (χ0n) is 11.6. The fraction of sp³-hybridized carbons (Fsp3) is 0.214. The summed E-state index contributed by atoms with van der Waals surface area (Å²) < 4.78 is 5.00.